The fraction of sp³-hybridized carbons (Fsp3) is 0.636. The van der Waals surface area contributed by atoms with Crippen molar-refractivity contribution >= 4 is 34.9 Å². The van der Waals surface area contributed by atoms with Crippen molar-refractivity contribution in [3.63, 3.8) is 0 Å². The molecule has 1 N–H and O–H groups in total. The molecule has 3 aliphatic heterocycles. The number of methoxy groups -OCH3 is 1. The largest absolute Gasteiger partial charge is 0.475 e. The van der Waals surface area contributed by atoms with Gasteiger partial charge in [-0.1, -0.05) is 6.92 Å². The van der Waals surface area contributed by atoms with Gasteiger partial charge in [0.1, 0.15) is 6.61 Å². The first-order valence-corrected chi connectivity index (χ1v) is 12.3. The van der Waals surface area contributed by atoms with Crippen LogP contribution in [0.1, 0.15) is 25.5 Å². The summed E-state index contributed by atoms with van der Waals surface area (Å²) < 4.78 is 10.8. The number of carbonyl (C=O) groups excluding carboxylic acids is 2. The van der Waals surface area contributed by atoms with Crippen LogP contribution in [0.15, 0.2) is 11.0 Å². The van der Waals surface area contributed by atoms with Gasteiger partial charge in [-0.2, -0.15) is 4.98 Å². The first kappa shape index (κ1) is 23.9. The summed E-state index contributed by atoms with van der Waals surface area (Å²) in [6.07, 6.45) is 4.06. The number of likely N-dealkylation sites (tertiary alicyclic amines) is 1. The molecule has 3 fully saturated rings. The van der Waals surface area contributed by atoms with Crippen LogP contribution >= 0.6 is 11.8 Å². The molecular formula is C22H32N6O4S. The number of amides is 2. The number of hydrogen-bond donors (Lipinski definition) is 1. The molecule has 1 aromatic heterocycles. The lowest BCUT2D eigenvalue weighted by molar-refractivity contribution is -0.115. The number of aromatic nitrogens is 2. The Labute approximate surface area is 198 Å². The van der Waals surface area contributed by atoms with E-state index in [4.69, 9.17) is 9.47 Å². The molecule has 0 bridgehead atoms. The maximum atomic E-state index is 12.0. The molecule has 0 spiro atoms. The number of rotatable bonds is 8. The lowest BCUT2D eigenvalue weighted by Crippen LogP contribution is -2.53. The van der Waals surface area contributed by atoms with E-state index in [0.717, 1.165) is 44.5 Å². The minimum Gasteiger partial charge on any atom is -0.475 e. The summed E-state index contributed by atoms with van der Waals surface area (Å²) >= 11 is 0.872. The van der Waals surface area contributed by atoms with Crippen LogP contribution in [-0.2, 0) is 9.53 Å². The summed E-state index contributed by atoms with van der Waals surface area (Å²) in [6.45, 7) is 10.1. The molecule has 0 aromatic carbocycles. The van der Waals surface area contributed by atoms with Crippen LogP contribution in [0, 0.1) is 0 Å². The molecular weight excluding hydrogens is 444 g/mol. The Kier molecular flexibility index (Phi) is 8.18. The minimum atomic E-state index is -0.408. The fourth-order valence-electron chi connectivity index (χ4n) is 4.39. The van der Waals surface area contributed by atoms with Crippen LogP contribution in [0.25, 0.3) is 6.08 Å². The first-order chi connectivity index (χ1) is 16.1. The van der Waals surface area contributed by atoms with Gasteiger partial charge >= 0.3 is 0 Å². The van der Waals surface area contributed by atoms with E-state index in [1.165, 1.54) is 25.9 Å². The molecule has 11 heteroatoms. The second-order valence-electron chi connectivity index (χ2n) is 8.31. The SMILES string of the molecule is CCN1CCC(N2CCN(c3nc(/C=C4/SC(=O)NC4=O)cc(OCCOC)n3)CC2)CC1. The number of nitrogens with zero attached hydrogens (tertiary/aromatic N) is 5. The van der Waals surface area contributed by atoms with Gasteiger partial charge in [-0.15, -0.1) is 0 Å². The topological polar surface area (TPSA) is 100 Å². The van der Waals surface area contributed by atoms with Gasteiger partial charge < -0.3 is 19.3 Å². The van der Waals surface area contributed by atoms with Crippen molar-refractivity contribution in [2.75, 3.05) is 71.0 Å². The number of hydrogen-bond acceptors (Lipinski definition) is 10. The summed E-state index contributed by atoms with van der Waals surface area (Å²) in [5.41, 5.74) is 0.536. The van der Waals surface area contributed by atoms with Crippen molar-refractivity contribution in [3.8, 4) is 5.88 Å². The van der Waals surface area contributed by atoms with E-state index < -0.39 is 5.91 Å². The van der Waals surface area contributed by atoms with Gasteiger partial charge in [0.05, 0.1) is 17.2 Å². The predicted octanol–water partition coefficient (Wildman–Crippen LogP) is 1.43. The third kappa shape index (κ3) is 6.23. The Hall–Kier alpha value is -2.21. The second kappa shape index (κ2) is 11.3. The lowest BCUT2D eigenvalue weighted by atomic mass is 10.0. The number of ether oxygens (including phenoxy) is 2. The Morgan fingerprint density at radius 2 is 1.88 bits per heavy atom. The molecule has 4 heterocycles. The van der Waals surface area contributed by atoms with Gasteiger partial charge in [0.2, 0.25) is 11.8 Å². The van der Waals surface area contributed by atoms with Gasteiger partial charge in [-0.25, -0.2) is 4.98 Å². The zero-order valence-electron chi connectivity index (χ0n) is 19.3. The monoisotopic (exact) mass is 476 g/mol. The zero-order chi connectivity index (χ0) is 23.2. The number of imide groups is 1. The number of piperazine rings is 1. The van der Waals surface area contributed by atoms with Crippen molar-refractivity contribution in [1.29, 1.82) is 0 Å². The first-order valence-electron chi connectivity index (χ1n) is 11.5. The van der Waals surface area contributed by atoms with E-state index in [2.05, 4.69) is 36.9 Å². The fourth-order valence-corrected chi connectivity index (χ4v) is 5.06. The molecule has 0 unspecified atom stereocenters. The quantitative estimate of drug-likeness (QED) is 0.438. The van der Waals surface area contributed by atoms with Crippen molar-refractivity contribution < 1.29 is 19.1 Å². The highest BCUT2D eigenvalue weighted by molar-refractivity contribution is 8.18. The molecule has 0 atom stereocenters. The molecule has 1 aromatic rings. The highest BCUT2D eigenvalue weighted by atomic mass is 32.2. The van der Waals surface area contributed by atoms with Gasteiger partial charge in [0.15, 0.2) is 0 Å². The zero-order valence-corrected chi connectivity index (χ0v) is 20.1. The molecule has 4 rings (SSSR count). The maximum absolute atomic E-state index is 12.0. The summed E-state index contributed by atoms with van der Waals surface area (Å²) in [6, 6.07) is 2.33. The third-order valence-corrected chi connectivity index (χ3v) is 7.10. The Morgan fingerprint density at radius 3 is 2.52 bits per heavy atom. The van der Waals surface area contributed by atoms with Crippen molar-refractivity contribution in [3.05, 3.63) is 16.7 Å². The molecule has 180 valence electrons. The lowest BCUT2D eigenvalue weighted by Gasteiger charge is -2.42. The summed E-state index contributed by atoms with van der Waals surface area (Å²) in [7, 11) is 1.61. The molecule has 0 aliphatic carbocycles. The molecule has 10 nitrogen and oxygen atoms in total. The van der Waals surface area contributed by atoms with E-state index in [9.17, 15) is 9.59 Å². The van der Waals surface area contributed by atoms with Crippen molar-refractivity contribution in [1.82, 2.24) is 25.1 Å². The van der Waals surface area contributed by atoms with Gasteiger partial charge in [0, 0.05) is 45.4 Å². The van der Waals surface area contributed by atoms with E-state index in [0.29, 0.717) is 41.7 Å². The minimum absolute atomic E-state index is 0.315. The average Bonchev–Trinajstić information content (AvgIpc) is 3.15. The Morgan fingerprint density at radius 1 is 1.12 bits per heavy atom. The normalized spacial score (nSPS) is 22.2. The van der Waals surface area contributed by atoms with Crippen LogP contribution in [0.4, 0.5) is 10.7 Å². The van der Waals surface area contributed by atoms with Crippen LogP contribution in [0.2, 0.25) is 0 Å². The molecule has 2 amide bonds. The van der Waals surface area contributed by atoms with E-state index in [1.807, 2.05) is 0 Å². The molecule has 0 saturated carbocycles. The van der Waals surface area contributed by atoms with Crippen LogP contribution in [0.3, 0.4) is 0 Å². The molecule has 3 aliphatic rings. The Bertz CT molecular complexity index is 882. The average molecular weight is 477 g/mol. The van der Waals surface area contributed by atoms with Gasteiger partial charge in [-0.3, -0.25) is 19.8 Å². The molecule has 3 saturated heterocycles. The van der Waals surface area contributed by atoms with E-state index in [-0.39, 0.29) is 5.24 Å². The van der Waals surface area contributed by atoms with Crippen LogP contribution in [0.5, 0.6) is 5.88 Å². The van der Waals surface area contributed by atoms with Crippen LogP contribution < -0.4 is 15.0 Å². The highest BCUT2D eigenvalue weighted by Crippen LogP contribution is 2.27. The smallest absolute Gasteiger partial charge is 0.290 e. The number of nitrogens with one attached hydrogen (secondary N) is 1. The summed E-state index contributed by atoms with van der Waals surface area (Å²) in [5, 5.41) is 1.89. The molecule has 0 radical (unpaired) electrons. The van der Waals surface area contributed by atoms with Crippen molar-refractivity contribution in [2.45, 2.75) is 25.8 Å². The van der Waals surface area contributed by atoms with E-state index >= 15 is 0 Å². The van der Waals surface area contributed by atoms with Crippen molar-refractivity contribution in [2.24, 2.45) is 0 Å². The standard InChI is InChI=1S/C22H32N6O4S/c1-3-26-6-4-17(5-7-26)27-8-10-28(11-9-27)21-23-16(14-18-20(29)25-22(30)33-18)15-19(24-21)32-13-12-31-2/h14-15,17H,3-13H2,1-2H3,(H,25,29,30)/b18-14+. The number of thioether (sulfide) groups is 1. The number of anilines is 1. The summed E-state index contributed by atoms with van der Waals surface area (Å²) in [4.78, 5) is 40.3. The number of piperidine rings is 1. The van der Waals surface area contributed by atoms with Crippen LogP contribution in [-0.4, -0.2) is 103 Å². The van der Waals surface area contributed by atoms with Gasteiger partial charge in [-0.05, 0) is 50.3 Å². The van der Waals surface area contributed by atoms with E-state index in [1.54, 1.807) is 19.3 Å². The number of carbonyl (C=O) groups is 2. The molecule has 33 heavy (non-hydrogen) atoms. The highest BCUT2D eigenvalue weighted by Gasteiger charge is 2.29. The Balaban J connectivity index is 1.45. The maximum Gasteiger partial charge on any atom is 0.290 e. The summed E-state index contributed by atoms with van der Waals surface area (Å²) in [5.74, 6) is 0.592. The predicted molar refractivity (Wildman–Crippen MR) is 127 cm³/mol. The third-order valence-electron chi connectivity index (χ3n) is 6.29. The second-order valence-corrected chi connectivity index (χ2v) is 9.33. The van der Waals surface area contributed by atoms with Gasteiger partial charge in [0.25, 0.3) is 11.1 Å².